The van der Waals surface area contributed by atoms with E-state index in [1.165, 1.54) is 86.8 Å². The van der Waals surface area contributed by atoms with Gasteiger partial charge in [0.15, 0.2) is 0 Å². The first kappa shape index (κ1) is 53.9. The number of fused-ring (bicyclic) bond motifs is 2. The predicted octanol–water partition coefficient (Wildman–Crippen LogP) is 6.61. The summed E-state index contributed by atoms with van der Waals surface area (Å²) in [7, 11) is -2.25. The van der Waals surface area contributed by atoms with Crippen molar-refractivity contribution in [3.8, 4) is 34.0 Å². The van der Waals surface area contributed by atoms with E-state index in [2.05, 4.69) is 40.0 Å². The number of carbonyl (C=O) groups is 2. The van der Waals surface area contributed by atoms with Crippen LogP contribution >= 0.6 is 23.2 Å². The van der Waals surface area contributed by atoms with E-state index < -0.39 is 31.9 Å². The molecule has 0 saturated carbocycles. The van der Waals surface area contributed by atoms with Gasteiger partial charge in [-0.15, -0.1) is 0 Å². The molecule has 0 aliphatic rings. The Bertz CT molecular complexity index is 3560. The lowest BCUT2D eigenvalue weighted by molar-refractivity contribution is -0.125. The number of amides is 2. The number of anilines is 2. The fourth-order valence-electron chi connectivity index (χ4n) is 7.60. The Labute approximate surface area is 434 Å². The third kappa shape index (κ3) is 11.9. The monoisotopic (exact) mass is 1080 g/mol. The number of hydrogen-bond donors (Lipinski definition) is 4. The first-order chi connectivity index (χ1) is 35.3. The number of pyridine rings is 2. The largest absolute Gasteiger partial charge is 0.480 e. The smallest absolute Gasteiger partial charge is 0.263 e. The van der Waals surface area contributed by atoms with Crippen molar-refractivity contribution in [1.82, 2.24) is 39.7 Å². The Morgan fingerprint density at radius 2 is 0.946 bits per heavy atom. The van der Waals surface area contributed by atoms with Crippen molar-refractivity contribution in [2.75, 3.05) is 37.8 Å². The van der Waals surface area contributed by atoms with E-state index >= 15 is 0 Å². The van der Waals surface area contributed by atoms with Crippen molar-refractivity contribution >= 4 is 88.2 Å². The molecule has 0 unspecified atom stereocenters. The van der Waals surface area contributed by atoms with Gasteiger partial charge in [0.2, 0.25) is 23.6 Å². The molecule has 2 atom stereocenters. The van der Waals surface area contributed by atoms with Gasteiger partial charge in [0, 0.05) is 50.7 Å². The summed E-state index contributed by atoms with van der Waals surface area (Å²) < 4.78 is 70.2. The fourth-order valence-corrected chi connectivity index (χ4v) is 10.7. The van der Waals surface area contributed by atoms with E-state index in [1.54, 1.807) is 86.6 Å². The number of carbonyl (C=O) groups excluding carboxylic acids is 2. The summed E-state index contributed by atoms with van der Waals surface area (Å²) in [5.41, 5.74) is 2.85. The zero-order valence-electron chi connectivity index (χ0n) is 40.5. The van der Waals surface area contributed by atoms with Crippen molar-refractivity contribution in [3.63, 3.8) is 0 Å². The number of nitrogens with zero attached hydrogens (tertiary/aromatic N) is 6. The lowest BCUT2D eigenvalue weighted by Crippen LogP contribution is -2.32. The maximum absolute atomic E-state index is 13.2. The van der Waals surface area contributed by atoms with Gasteiger partial charge in [0.1, 0.15) is 21.2 Å². The second-order valence-corrected chi connectivity index (χ2v) is 20.6. The summed E-state index contributed by atoms with van der Waals surface area (Å²) in [5, 5.41) is 5.97. The van der Waals surface area contributed by atoms with Gasteiger partial charge >= 0.3 is 0 Å². The molecule has 0 radical (unpaired) electrons. The molecule has 0 saturated heterocycles. The van der Waals surface area contributed by atoms with Crippen molar-refractivity contribution in [2.45, 2.75) is 36.7 Å². The summed E-state index contributed by atoms with van der Waals surface area (Å²) in [5.74, 6) is -1.09. The van der Waals surface area contributed by atoms with Crippen LogP contribution in [0.1, 0.15) is 13.8 Å². The molecule has 8 rings (SSSR count). The number of ether oxygens (including phenoxy) is 2. The molecule has 4 N–H and O–H groups in total. The molecule has 0 bridgehead atoms. The number of methoxy groups -OCH3 is 2. The molecule has 384 valence electrons. The number of aromatic nitrogens is 6. The predicted molar refractivity (Wildman–Crippen MR) is 283 cm³/mol. The van der Waals surface area contributed by atoms with Crippen LogP contribution < -0.4 is 40.7 Å². The first-order valence-corrected chi connectivity index (χ1v) is 26.1. The molecule has 0 aliphatic carbocycles. The number of hydrogen-bond acceptors (Lipinski definition) is 14. The minimum absolute atomic E-state index is 0.0624. The maximum Gasteiger partial charge on any atom is 0.263 e. The molecule has 8 aromatic rings. The van der Waals surface area contributed by atoms with Crippen LogP contribution in [-0.4, -0.2) is 86.0 Å². The standard InChI is InChI=1S/2C25H24ClN5O5S/c2*1-15(23(32)27-2)13-31-14-29-20-9-8-16(10-18(20)25(31)33)17-11-21(24(36-3)28-12-17)30-37(34,35)22-7-5-4-6-19(22)26/h2*4-12,14-15,30H,13H2,1-3H3,(H,27,32)/t2*15-/m10/s1. The van der Waals surface area contributed by atoms with Gasteiger partial charge in [-0.25, -0.2) is 36.8 Å². The number of nitrogens with one attached hydrogen (secondary N) is 4. The number of benzene rings is 4. The summed E-state index contributed by atoms with van der Waals surface area (Å²) in [6.45, 7) is 3.79. The number of sulfonamides is 2. The summed E-state index contributed by atoms with van der Waals surface area (Å²) in [6, 6.07) is 25.4. The van der Waals surface area contributed by atoms with Crippen LogP contribution in [-0.2, 0) is 42.7 Å². The molecule has 4 heterocycles. The first-order valence-electron chi connectivity index (χ1n) is 22.3. The van der Waals surface area contributed by atoms with Gasteiger partial charge in [-0.2, -0.15) is 0 Å². The van der Waals surface area contributed by atoms with Gasteiger partial charge in [-0.05, 0) is 71.8 Å². The van der Waals surface area contributed by atoms with Crippen LogP contribution in [0.2, 0.25) is 10.0 Å². The lowest BCUT2D eigenvalue weighted by Gasteiger charge is -2.14. The Morgan fingerprint density at radius 3 is 1.30 bits per heavy atom. The van der Waals surface area contributed by atoms with Crippen molar-refractivity contribution < 1.29 is 35.9 Å². The van der Waals surface area contributed by atoms with E-state index in [9.17, 15) is 36.0 Å². The van der Waals surface area contributed by atoms with Crippen LogP contribution in [0.3, 0.4) is 0 Å². The molecule has 0 aliphatic heterocycles. The number of halogens is 2. The van der Waals surface area contributed by atoms with Crippen LogP contribution in [0.4, 0.5) is 11.4 Å². The quantitative estimate of drug-likeness (QED) is 0.0794. The molecule has 20 nitrogen and oxygen atoms in total. The molecule has 0 spiro atoms. The van der Waals surface area contributed by atoms with Crippen molar-refractivity contribution in [3.05, 3.63) is 153 Å². The summed E-state index contributed by atoms with van der Waals surface area (Å²) in [6.07, 6.45) is 5.85. The summed E-state index contributed by atoms with van der Waals surface area (Å²) >= 11 is 12.2. The van der Waals surface area contributed by atoms with Gasteiger partial charge in [0.25, 0.3) is 31.2 Å². The molecule has 2 amide bonds. The highest BCUT2D eigenvalue weighted by atomic mass is 35.5. The average molecular weight is 1080 g/mol. The highest BCUT2D eigenvalue weighted by Crippen LogP contribution is 2.34. The minimum Gasteiger partial charge on any atom is -0.480 e. The zero-order valence-corrected chi connectivity index (χ0v) is 43.6. The van der Waals surface area contributed by atoms with Gasteiger partial charge in [-0.1, -0.05) is 73.4 Å². The molecule has 4 aromatic heterocycles. The SMILES string of the molecule is CNC(=O)[C@@H](C)Cn1cnc2ccc(-c3cnc(OC)c(NS(=O)(=O)c4ccccc4Cl)c3)cc2c1=O.CNC(=O)[C@H](C)Cn1cnc2ccc(-c3cnc(OC)c(NS(=O)(=O)c4ccccc4Cl)c3)cc2c1=O. The molecule has 74 heavy (non-hydrogen) atoms. The van der Waals surface area contributed by atoms with E-state index in [0.29, 0.717) is 44.1 Å². The third-order valence-electron chi connectivity index (χ3n) is 11.5. The molecule has 24 heteroatoms. The normalized spacial score (nSPS) is 12.2. The Balaban J connectivity index is 0.000000216. The molecule has 4 aromatic carbocycles. The Morgan fingerprint density at radius 1 is 0.568 bits per heavy atom. The average Bonchev–Trinajstić information content (AvgIpc) is 3.39. The van der Waals surface area contributed by atoms with E-state index in [4.69, 9.17) is 32.7 Å². The highest BCUT2D eigenvalue weighted by Gasteiger charge is 2.23. The van der Waals surface area contributed by atoms with Gasteiger partial charge in [-0.3, -0.25) is 37.8 Å². The molecule has 0 fully saturated rings. The molecular weight excluding hydrogens is 1040 g/mol. The van der Waals surface area contributed by atoms with Crippen molar-refractivity contribution in [1.29, 1.82) is 0 Å². The van der Waals surface area contributed by atoms with E-state index in [0.717, 1.165) is 0 Å². The molecular formula is C50H48Cl2N10O10S2. The second-order valence-electron chi connectivity index (χ2n) is 16.5. The Kier molecular flexibility index (Phi) is 16.7. The van der Waals surface area contributed by atoms with Gasteiger partial charge in [0.05, 0.1) is 70.6 Å². The zero-order chi connectivity index (χ0) is 53.5. The summed E-state index contributed by atoms with van der Waals surface area (Å²) in [4.78, 5) is 67.1. The fraction of sp³-hybridized carbons (Fsp3) is 0.200. The van der Waals surface area contributed by atoms with Crippen LogP contribution in [0.15, 0.2) is 141 Å². The topological polar surface area (TPSA) is 265 Å². The van der Waals surface area contributed by atoms with Crippen LogP contribution in [0.25, 0.3) is 44.1 Å². The van der Waals surface area contributed by atoms with Crippen LogP contribution in [0.5, 0.6) is 11.8 Å². The number of rotatable bonds is 16. The maximum atomic E-state index is 13.2. The van der Waals surface area contributed by atoms with Crippen molar-refractivity contribution in [2.24, 2.45) is 11.8 Å². The van der Waals surface area contributed by atoms with Gasteiger partial charge < -0.3 is 20.1 Å². The van der Waals surface area contributed by atoms with E-state index in [1.807, 2.05) is 0 Å². The van der Waals surface area contributed by atoms with Crippen LogP contribution in [0, 0.1) is 11.8 Å². The lowest BCUT2D eigenvalue weighted by atomic mass is 10.0. The van der Waals surface area contributed by atoms with E-state index in [-0.39, 0.29) is 79.0 Å². The Hall–Kier alpha value is -7.92. The second kappa shape index (κ2) is 22.9. The highest BCUT2D eigenvalue weighted by molar-refractivity contribution is 7.93. The third-order valence-corrected chi connectivity index (χ3v) is 15.2. The minimum atomic E-state index is -4.04.